The number of carbonyl (C=O) groups is 1. The first kappa shape index (κ1) is 10.5. The van der Waals surface area contributed by atoms with Crippen LogP contribution in [0.4, 0.5) is 0 Å². The van der Waals surface area contributed by atoms with E-state index < -0.39 is 12.1 Å². The fourth-order valence-electron chi connectivity index (χ4n) is 1.63. The number of rotatable bonds is 4. The molecular weight excluding hydrogens is 170 g/mol. The number of ether oxygens (including phenoxy) is 1. The van der Waals surface area contributed by atoms with Gasteiger partial charge in [0.05, 0.1) is 0 Å². The molecule has 1 aliphatic heterocycles. The lowest BCUT2D eigenvalue weighted by molar-refractivity contribution is -0.149. The molecule has 1 N–H and O–H groups in total. The number of aliphatic carboxylic acids is 1. The van der Waals surface area contributed by atoms with Gasteiger partial charge in [0.2, 0.25) is 0 Å². The third kappa shape index (κ3) is 3.32. The number of hydrogen-bond donors (Lipinski definition) is 1. The third-order valence-corrected chi connectivity index (χ3v) is 2.43. The molecule has 0 aliphatic carbocycles. The van der Waals surface area contributed by atoms with E-state index in [1.165, 1.54) is 26.4 Å². The highest BCUT2D eigenvalue weighted by molar-refractivity contribution is 5.72. The molecule has 0 spiro atoms. The van der Waals surface area contributed by atoms with Crippen LogP contribution >= 0.6 is 0 Å². The largest absolute Gasteiger partial charge is 0.479 e. The van der Waals surface area contributed by atoms with Gasteiger partial charge in [-0.05, 0) is 25.9 Å². The third-order valence-electron chi connectivity index (χ3n) is 2.43. The molecule has 1 saturated heterocycles. The SMILES string of the molecule is COC(CN1CCCCC1)C(=O)O. The summed E-state index contributed by atoms with van der Waals surface area (Å²) in [5, 5.41) is 8.75. The van der Waals surface area contributed by atoms with Crippen LogP contribution in [0.2, 0.25) is 0 Å². The van der Waals surface area contributed by atoms with Crippen molar-refractivity contribution >= 4 is 5.97 Å². The van der Waals surface area contributed by atoms with Crippen molar-refractivity contribution in [2.24, 2.45) is 0 Å². The first-order chi connectivity index (χ1) is 6.24. The maximum absolute atomic E-state index is 10.7. The summed E-state index contributed by atoms with van der Waals surface area (Å²) < 4.78 is 4.87. The predicted molar refractivity (Wildman–Crippen MR) is 48.7 cm³/mol. The first-order valence-electron chi connectivity index (χ1n) is 4.72. The Morgan fingerprint density at radius 2 is 2.08 bits per heavy atom. The van der Waals surface area contributed by atoms with Crippen molar-refractivity contribution in [1.29, 1.82) is 0 Å². The van der Waals surface area contributed by atoms with Crippen LogP contribution < -0.4 is 0 Å². The second-order valence-electron chi connectivity index (χ2n) is 3.42. The van der Waals surface area contributed by atoms with Crippen molar-refractivity contribution in [1.82, 2.24) is 4.90 Å². The fourth-order valence-corrected chi connectivity index (χ4v) is 1.63. The number of nitrogens with zero attached hydrogens (tertiary/aromatic N) is 1. The highest BCUT2D eigenvalue weighted by Gasteiger charge is 2.21. The van der Waals surface area contributed by atoms with Crippen LogP contribution in [0.5, 0.6) is 0 Å². The minimum atomic E-state index is -0.868. The molecule has 1 heterocycles. The molecule has 0 aromatic heterocycles. The van der Waals surface area contributed by atoms with E-state index in [1.807, 2.05) is 0 Å². The van der Waals surface area contributed by atoms with Crippen molar-refractivity contribution in [3.05, 3.63) is 0 Å². The van der Waals surface area contributed by atoms with Gasteiger partial charge in [0, 0.05) is 13.7 Å². The van der Waals surface area contributed by atoms with Crippen molar-refractivity contribution in [3.63, 3.8) is 0 Å². The molecule has 0 bridgehead atoms. The zero-order valence-electron chi connectivity index (χ0n) is 8.03. The predicted octanol–water partition coefficient (Wildman–Crippen LogP) is 0.572. The molecule has 13 heavy (non-hydrogen) atoms. The Kier molecular flexibility index (Phi) is 4.18. The molecule has 0 amide bonds. The summed E-state index contributed by atoms with van der Waals surface area (Å²) in [6.45, 7) is 2.53. The molecule has 1 fully saturated rings. The van der Waals surface area contributed by atoms with Crippen molar-refractivity contribution < 1.29 is 14.6 Å². The quantitative estimate of drug-likeness (QED) is 0.699. The van der Waals surface area contributed by atoms with Gasteiger partial charge in [-0.2, -0.15) is 0 Å². The number of carboxylic acid groups (broad SMARTS) is 1. The highest BCUT2D eigenvalue weighted by Crippen LogP contribution is 2.09. The summed E-state index contributed by atoms with van der Waals surface area (Å²) in [5.41, 5.74) is 0. The maximum atomic E-state index is 10.7. The lowest BCUT2D eigenvalue weighted by atomic mass is 10.1. The Morgan fingerprint density at radius 3 is 2.54 bits per heavy atom. The van der Waals surface area contributed by atoms with Gasteiger partial charge >= 0.3 is 5.97 Å². The van der Waals surface area contributed by atoms with Gasteiger partial charge in [-0.3, -0.25) is 0 Å². The van der Waals surface area contributed by atoms with E-state index in [0.717, 1.165) is 13.1 Å². The summed E-state index contributed by atoms with van der Waals surface area (Å²) in [4.78, 5) is 12.8. The second-order valence-corrected chi connectivity index (χ2v) is 3.42. The van der Waals surface area contributed by atoms with E-state index in [1.54, 1.807) is 0 Å². The summed E-state index contributed by atoms with van der Waals surface area (Å²) in [5.74, 6) is -0.868. The van der Waals surface area contributed by atoms with Gasteiger partial charge in [-0.1, -0.05) is 6.42 Å². The van der Waals surface area contributed by atoms with Crippen LogP contribution in [0.15, 0.2) is 0 Å². The molecule has 0 saturated carbocycles. The molecular formula is C9H17NO3. The molecule has 1 aliphatic rings. The first-order valence-corrected chi connectivity index (χ1v) is 4.72. The summed E-state index contributed by atoms with van der Waals surface area (Å²) in [6.07, 6.45) is 2.95. The number of carboxylic acids is 1. The minimum absolute atomic E-state index is 0.520. The number of likely N-dealkylation sites (tertiary alicyclic amines) is 1. The van der Waals surface area contributed by atoms with Gasteiger partial charge in [-0.25, -0.2) is 4.79 Å². The van der Waals surface area contributed by atoms with Crippen molar-refractivity contribution in [2.75, 3.05) is 26.7 Å². The molecule has 4 heteroatoms. The molecule has 1 atom stereocenters. The molecule has 1 unspecified atom stereocenters. The van der Waals surface area contributed by atoms with Crippen LogP contribution in [0.1, 0.15) is 19.3 Å². The molecule has 0 aromatic rings. The second kappa shape index (κ2) is 5.19. The van der Waals surface area contributed by atoms with Crippen molar-refractivity contribution in [3.8, 4) is 0 Å². The van der Waals surface area contributed by atoms with Gasteiger partial charge in [-0.15, -0.1) is 0 Å². The Balaban J connectivity index is 2.31. The van der Waals surface area contributed by atoms with Crippen LogP contribution in [0.25, 0.3) is 0 Å². The summed E-state index contributed by atoms with van der Waals surface area (Å²) >= 11 is 0. The number of hydrogen-bond acceptors (Lipinski definition) is 3. The van der Waals surface area contributed by atoms with Crippen molar-refractivity contribution in [2.45, 2.75) is 25.4 Å². The van der Waals surface area contributed by atoms with Gasteiger partial charge < -0.3 is 14.7 Å². The van der Waals surface area contributed by atoms with Crippen LogP contribution in [0, 0.1) is 0 Å². The lowest BCUT2D eigenvalue weighted by Crippen LogP contribution is -2.40. The minimum Gasteiger partial charge on any atom is -0.479 e. The zero-order chi connectivity index (χ0) is 9.68. The topological polar surface area (TPSA) is 49.8 Å². The lowest BCUT2D eigenvalue weighted by Gasteiger charge is -2.28. The Bertz CT molecular complexity index is 166. The summed E-state index contributed by atoms with van der Waals surface area (Å²) in [7, 11) is 1.45. The molecule has 4 nitrogen and oxygen atoms in total. The molecule has 76 valence electrons. The Hall–Kier alpha value is -0.610. The van der Waals surface area contributed by atoms with E-state index in [4.69, 9.17) is 9.84 Å². The zero-order valence-corrected chi connectivity index (χ0v) is 8.03. The smallest absolute Gasteiger partial charge is 0.334 e. The van der Waals surface area contributed by atoms with Gasteiger partial charge in [0.1, 0.15) is 0 Å². The van der Waals surface area contributed by atoms with Crippen LogP contribution in [-0.4, -0.2) is 48.8 Å². The fraction of sp³-hybridized carbons (Fsp3) is 0.889. The average molecular weight is 187 g/mol. The molecule has 1 rings (SSSR count). The van der Waals surface area contributed by atoms with E-state index >= 15 is 0 Å². The van der Waals surface area contributed by atoms with Crippen LogP contribution in [-0.2, 0) is 9.53 Å². The maximum Gasteiger partial charge on any atom is 0.334 e. The van der Waals surface area contributed by atoms with E-state index in [9.17, 15) is 4.79 Å². The monoisotopic (exact) mass is 187 g/mol. The Morgan fingerprint density at radius 1 is 1.46 bits per heavy atom. The average Bonchev–Trinajstić information content (AvgIpc) is 2.15. The summed E-state index contributed by atoms with van der Waals surface area (Å²) in [6, 6.07) is 0. The molecule has 0 aromatic carbocycles. The van der Waals surface area contributed by atoms with E-state index in [2.05, 4.69) is 4.90 Å². The van der Waals surface area contributed by atoms with Gasteiger partial charge in [0.15, 0.2) is 6.10 Å². The van der Waals surface area contributed by atoms with Gasteiger partial charge in [0.25, 0.3) is 0 Å². The van der Waals surface area contributed by atoms with E-state index in [0.29, 0.717) is 6.54 Å². The Labute approximate surface area is 78.5 Å². The normalized spacial score (nSPS) is 21.3. The highest BCUT2D eigenvalue weighted by atomic mass is 16.5. The number of methoxy groups -OCH3 is 1. The van der Waals surface area contributed by atoms with Crippen LogP contribution in [0.3, 0.4) is 0 Å². The number of piperidine rings is 1. The molecule has 0 radical (unpaired) electrons. The standard InChI is InChI=1S/C9H17NO3/c1-13-8(9(11)12)7-10-5-3-2-4-6-10/h8H,2-7H2,1H3,(H,11,12). The van der Waals surface area contributed by atoms with E-state index in [-0.39, 0.29) is 0 Å².